The predicted molar refractivity (Wildman–Crippen MR) is 59.0 cm³/mol. The predicted octanol–water partition coefficient (Wildman–Crippen LogP) is 2.73. The highest BCUT2D eigenvalue weighted by molar-refractivity contribution is 5.72. The van der Waals surface area contributed by atoms with Gasteiger partial charge in [0.15, 0.2) is 0 Å². The second-order valence-electron chi connectivity index (χ2n) is 5.23. The number of carbonyl (C=O) groups is 1. The molecule has 2 heteroatoms. The highest BCUT2D eigenvalue weighted by atomic mass is 16.1. The number of amides is 1. The van der Waals surface area contributed by atoms with Crippen molar-refractivity contribution in [1.82, 2.24) is 5.32 Å². The van der Waals surface area contributed by atoms with Gasteiger partial charge in [0.2, 0.25) is 5.91 Å². The molecular weight excluding hydrogens is 174 g/mol. The van der Waals surface area contributed by atoms with E-state index in [9.17, 15) is 4.79 Å². The third-order valence-corrected chi connectivity index (χ3v) is 3.50. The minimum atomic E-state index is 0.0916. The van der Waals surface area contributed by atoms with Crippen molar-refractivity contribution in [2.75, 3.05) is 6.54 Å². The van der Waals surface area contributed by atoms with E-state index in [2.05, 4.69) is 19.2 Å². The van der Waals surface area contributed by atoms with E-state index in [1.165, 1.54) is 32.1 Å². The van der Waals surface area contributed by atoms with Crippen LogP contribution < -0.4 is 5.32 Å². The smallest absolute Gasteiger partial charge is 0.216 e. The molecule has 2 nitrogen and oxygen atoms in total. The van der Waals surface area contributed by atoms with Gasteiger partial charge in [-0.05, 0) is 24.2 Å². The minimum Gasteiger partial charge on any atom is -0.356 e. The van der Waals surface area contributed by atoms with Gasteiger partial charge in [-0.3, -0.25) is 4.79 Å². The highest BCUT2D eigenvalue weighted by Gasteiger charge is 2.30. The largest absolute Gasteiger partial charge is 0.356 e. The van der Waals surface area contributed by atoms with E-state index in [-0.39, 0.29) is 11.3 Å². The molecule has 0 atom stereocenters. The van der Waals surface area contributed by atoms with Gasteiger partial charge in [-0.25, -0.2) is 0 Å². The standard InChI is InChI=1S/C12H23NO/c1-10(14)13-9-12(2,3)11-7-5-4-6-8-11/h11H,4-9H2,1-3H3,(H,13,14). The third kappa shape index (κ3) is 3.32. The van der Waals surface area contributed by atoms with Gasteiger partial charge in [-0.1, -0.05) is 33.1 Å². The van der Waals surface area contributed by atoms with E-state index in [0.29, 0.717) is 0 Å². The maximum absolute atomic E-state index is 10.9. The highest BCUT2D eigenvalue weighted by Crippen LogP contribution is 2.37. The first-order valence-electron chi connectivity index (χ1n) is 5.77. The number of hydrogen-bond acceptors (Lipinski definition) is 1. The number of hydrogen-bond donors (Lipinski definition) is 1. The maximum atomic E-state index is 10.9. The molecule has 1 fully saturated rings. The van der Waals surface area contributed by atoms with Crippen molar-refractivity contribution in [2.24, 2.45) is 11.3 Å². The summed E-state index contributed by atoms with van der Waals surface area (Å²) in [6.07, 6.45) is 6.81. The van der Waals surface area contributed by atoms with Crippen LogP contribution in [0.25, 0.3) is 0 Å². The molecule has 0 radical (unpaired) electrons. The minimum absolute atomic E-state index is 0.0916. The first-order valence-corrected chi connectivity index (χ1v) is 5.77. The molecule has 0 aromatic heterocycles. The van der Waals surface area contributed by atoms with Crippen LogP contribution in [0.4, 0.5) is 0 Å². The molecule has 1 aliphatic carbocycles. The van der Waals surface area contributed by atoms with Crippen molar-refractivity contribution in [3.8, 4) is 0 Å². The van der Waals surface area contributed by atoms with Gasteiger partial charge in [0.1, 0.15) is 0 Å². The molecule has 0 unspecified atom stereocenters. The van der Waals surface area contributed by atoms with Gasteiger partial charge in [-0.15, -0.1) is 0 Å². The molecule has 82 valence electrons. The molecule has 0 aromatic carbocycles. The zero-order chi connectivity index (χ0) is 10.6. The van der Waals surface area contributed by atoms with Crippen LogP contribution in [0.5, 0.6) is 0 Å². The van der Waals surface area contributed by atoms with Gasteiger partial charge in [-0.2, -0.15) is 0 Å². The topological polar surface area (TPSA) is 29.1 Å². The summed E-state index contributed by atoms with van der Waals surface area (Å²) in [5.74, 6) is 0.886. The summed E-state index contributed by atoms with van der Waals surface area (Å²) in [7, 11) is 0. The molecule has 0 bridgehead atoms. The molecule has 0 aromatic rings. The van der Waals surface area contributed by atoms with Crippen molar-refractivity contribution in [3.63, 3.8) is 0 Å². The average Bonchev–Trinajstić information content (AvgIpc) is 2.16. The second-order valence-corrected chi connectivity index (χ2v) is 5.23. The Morgan fingerprint density at radius 2 is 1.86 bits per heavy atom. The zero-order valence-electron chi connectivity index (χ0n) is 9.73. The number of nitrogens with one attached hydrogen (secondary N) is 1. The van der Waals surface area contributed by atoms with E-state index in [0.717, 1.165) is 12.5 Å². The van der Waals surface area contributed by atoms with E-state index in [1.807, 2.05) is 0 Å². The van der Waals surface area contributed by atoms with E-state index in [4.69, 9.17) is 0 Å². The SMILES string of the molecule is CC(=O)NCC(C)(C)C1CCCCC1. The van der Waals surface area contributed by atoms with Crippen LogP contribution in [0.2, 0.25) is 0 Å². The summed E-state index contributed by atoms with van der Waals surface area (Å²) in [5.41, 5.74) is 0.270. The Bertz CT molecular complexity index is 192. The molecular formula is C12H23NO. The fourth-order valence-corrected chi connectivity index (χ4v) is 2.38. The van der Waals surface area contributed by atoms with Crippen molar-refractivity contribution >= 4 is 5.91 Å². The monoisotopic (exact) mass is 197 g/mol. The second kappa shape index (κ2) is 4.81. The van der Waals surface area contributed by atoms with Gasteiger partial charge in [0.25, 0.3) is 0 Å². The van der Waals surface area contributed by atoms with Crippen LogP contribution in [-0.2, 0) is 4.79 Å². The Morgan fingerprint density at radius 3 is 2.36 bits per heavy atom. The Kier molecular flexibility index (Phi) is 3.97. The van der Waals surface area contributed by atoms with E-state index >= 15 is 0 Å². The normalized spacial score (nSPS) is 19.4. The van der Waals surface area contributed by atoms with Gasteiger partial charge < -0.3 is 5.32 Å². The number of rotatable bonds is 3. The first-order chi connectivity index (χ1) is 6.52. The molecule has 14 heavy (non-hydrogen) atoms. The lowest BCUT2D eigenvalue weighted by molar-refractivity contribution is -0.119. The van der Waals surface area contributed by atoms with Crippen molar-refractivity contribution in [3.05, 3.63) is 0 Å². The summed E-state index contributed by atoms with van der Waals surface area (Å²) in [6.45, 7) is 6.97. The van der Waals surface area contributed by atoms with Crippen LogP contribution in [0.15, 0.2) is 0 Å². The molecule has 1 amide bonds. The summed E-state index contributed by atoms with van der Waals surface area (Å²) >= 11 is 0. The molecule has 1 N–H and O–H groups in total. The van der Waals surface area contributed by atoms with Gasteiger partial charge >= 0.3 is 0 Å². The van der Waals surface area contributed by atoms with E-state index in [1.54, 1.807) is 6.92 Å². The van der Waals surface area contributed by atoms with Gasteiger partial charge in [0.05, 0.1) is 0 Å². The quantitative estimate of drug-likeness (QED) is 0.740. The molecule has 0 heterocycles. The van der Waals surface area contributed by atoms with Crippen LogP contribution >= 0.6 is 0 Å². The van der Waals surface area contributed by atoms with Gasteiger partial charge in [0, 0.05) is 13.5 Å². The molecule has 1 aliphatic rings. The maximum Gasteiger partial charge on any atom is 0.216 e. The molecule has 0 aliphatic heterocycles. The Labute approximate surface area is 87.5 Å². The molecule has 0 spiro atoms. The van der Waals surface area contributed by atoms with E-state index < -0.39 is 0 Å². The lowest BCUT2D eigenvalue weighted by Gasteiger charge is -2.37. The summed E-state index contributed by atoms with van der Waals surface area (Å²) in [5, 5.41) is 2.94. The van der Waals surface area contributed by atoms with Crippen molar-refractivity contribution in [2.45, 2.75) is 52.9 Å². The lowest BCUT2D eigenvalue weighted by Crippen LogP contribution is -2.38. The molecule has 0 saturated heterocycles. The Hall–Kier alpha value is -0.530. The summed E-state index contributed by atoms with van der Waals surface area (Å²) < 4.78 is 0. The van der Waals surface area contributed by atoms with Crippen molar-refractivity contribution in [1.29, 1.82) is 0 Å². The Morgan fingerprint density at radius 1 is 1.29 bits per heavy atom. The zero-order valence-corrected chi connectivity index (χ0v) is 9.73. The van der Waals surface area contributed by atoms with Crippen LogP contribution in [-0.4, -0.2) is 12.5 Å². The van der Waals surface area contributed by atoms with Crippen molar-refractivity contribution < 1.29 is 4.79 Å². The Balaban J connectivity index is 2.41. The number of carbonyl (C=O) groups excluding carboxylic acids is 1. The molecule has 1 saturated carbocycles. The van der Waals surface area contributed by atoms with Crippen LogP contribution in [0.1, 0.15) is 52.9 Å². The van der Waals surface area contributed by atoms with Crippen LogP contribution in [0, 0.1) is 11.3 Å². The lowest BCUT2D eigenvalue weighted by atomic mass is 9.71. The summed E-state index contributed by atoms with van der Waals surface area (Å²) in [6, 6.07) is 0. The fraction of sp³-hybridized carbons (Fsp3) is 0.917. The molecule has 1 rings (SSSR count). The first kappa shape index (κ1) is 11.5. The third-order valence-electron chi connectivity index (χ3n) is 3.50. The van der Waals surface area contributed by atoms with Crippen LogP contribution in [0.3, 0.4) is 0 Å². The average molecular weight is 197 g/mol. The fourth-order valence-electron chi connectivity index (χ4n) is 2.38. The summed E-state index contributed by atoms with van der Waals surface area (Å²) in [4.78, 5) is 10.9.